The molecule has 2 saturated heterocycles. The van der Waals surface area contributed by atoms with Gasteiger partial charge in [0.2, 0.25) is 0 Å². The standard InChI is InChI=1S/C15H29N3O2S2/c1-4-16-15(17-9-13-5-8-22(19,20)11-13)18-6-7-21-14(10-18)12(2)3/h12-14H,4-11H2,1-3H3,(H,16,17). The number of nitrogens with zero attached hydrogens (tertiary/aromatic N) is 2. The zero-order valence-electron chi connectivity index (χ0n) is 13.9. The van der Waals surface area contributed by atoms with Crippen LogP contribution in [0.1, 0.15) is 27.2 Å². The molecule has 2 aliphatic rings. The van der Waals surface area contributed by atoms with E-state index in [1.165, 1.54) is 0 Å². The highest BCUT2D eigenvalue weighted by Crippen LogP contribution is 2.25. The molecule has 2 aliphatic heterocycles. The molecule has 22 heavy (non-hydrogen) atoms. The zero-order valence-corrected chi connectivity index (χ0v) is 15.5. The van der Waals surface area contributed by atoms with Crippen LogP contribution in [0.15, 0.2) is 4.99 Å². The molecule has 2 fully saturated rings. The minimum absolute atomic E-state index is 0.193. The van der Waals surface area contributed by atoms with Gasteiger partial charge in [0.15, 0.2) is 15.8 Å². The number of thioether (sulfide) groups is 1. The monoisotopic (exact) mass is 347 g/mol. The Kier molecular flexibility index (Phi) is 6.44. The van der Waals surface area contributed by atoms with Crippen molar-refractivity contribution in [3.63, 3.8) is 0 Å². The molecule has 2 heterocycles. The average molecular weight is 348 g/mol. The van der Waals surface area contributed by atoms with E-state index in [0.717, 1.165) is 37.8 Å². The Balaban J connectivity index is 1.97. The highest BCUT2D eigenvalue weighted by atomic mass is 32.2. The summed E-state index contributed by atoms with van der Waals surface area (Å²) in [6, 6.07) is 0. The number of hydrogen-bond donors (Lipinski definition) is 1. The van der Waals surface area contributed by atoms with Crippen LogP contribution in [0.25, 0.3) is 0 Å². The molecule has 0 aromatic heterocycles. The quantitative estimate of drug-likeness (QED) is 0.616. The van der Waals surface area contributed by atoms with Gasteiger partial charge in [0.1, 0.15) is 0 Å². The van der Waals surface area contributed by atoms with Crippen LogP contribution in [0.3, 0.4) is 0 Å². The van der Waals surface area contributed by atoms with E-state index in [9.17, 15) is 8.42 Å². The molecular weight excluding hydrogens is 318 g/mol. The lowest BCUT2D eigenvalue weighted by molar-refractivity contribution is 0.379. The number of hydrogen-bond acceptors (Lipinski definition) is 4. The van der Waals surface area contributed by atoms with Crippen molar-refractivity contribution >= 4 is 27.6 Å². The first-order valence-electron chi connectivity index (χ1n) is 8.26. The van der Waals surface area contributed by atoms with Crippen molar-refractivity contribution < 1.29 is 8.42 Å². The Morgan fingerprint density at radius 2 is 2.23 bits per heavy atom. The van der Waals surface area contributed by atoms with Gasteiger partial charge in [0, 0.05) is 37.2 Å². The molecule has 0 saturated carbocycles. The normalized spacial score (nSPS) is 29.1. The fourth-order valence-electron chi connectivity index (χ4n) is 2.93. The number of aliphatic imine (C=N–C) groups is 1. The van der Waals surface area contributed by atoms with Gasteiger partial charge >= 0.3 is 0 Å². The molecular formula is C15H29N3O2S2. The molecule has 5 nitrogen and oxygen atoms in total. The smallest absolute Gasteiger partial charge is 0.193 e. The predicted molar refractivity (Wildman–Crippen MR) is 95.4 cm³/mol. The third kappa shape index (κ3) is 5.05. The summed E-state index contributed by atoms with van der Waals surface area (Å²) in [4.78, 5) is 7.08. The predicted octanol–water partition coefficient (Wildman–Crippen LogP) is 1.46. The summed E-state index contributed by atoms with van der Waals surface area (Å²) in [5.74, 6) is 3.58. The minimum atomic E-state index is -2.81. The second-order valence-electron chi connectivity index (χ2n) is 6.56. The van der Waals surface area contributed by atoms with Crippen LogP contribution in [0.2, 0.25) is 0 Å². The Hall–Kier alpha value is -0.430. The van der Waals surface area contributed by atoms with Crippen LogP contribution in [0, 0.1) is 11.8 Å². The molecule has 128 valence electrons. The highest BCUT2D eigenvalue weighted by Gasteiger charge is 2.28. The van der Waals surface area contributed by atoms with Gasteiger partial charge in [-0.2, -0.15) is 11.8 Å². The van der Waals surface area contributed by atoms with Crippen molar-refractivity contribution in [3.05, 3.63) is 0 Å². The molecule has 0 bridgehead atoms. The second kappa shape index (κ2) is 7.90. The lowest BCUT2D eigenvalue weighted by Crippen LogP contribution is -2.49. The first kappa shape index (κ1) is 17.9. The SMILES string of the molecule is CCNC(=NCC1CCS(=O)(=O)C1)N1CCSC(C(C)C)C1. The zero-order chi connectivity index (χ0) is 16.2. The number of rotatable bonds is 4. The third-order valence-electron chi connectivity index (χ3n) is 4.30. The van der Waals surface area contributed by atoms with Gasteiger partial charge in [-0.05, 0) is 25.2 Å². The molecule has 0 aromatic carbocycles. The van der Waals surface area contributed by atoms with Crippen molar-refractivity contribution in [2.24, 2.45) is 16.8 Å². The van der Waals surface area contributed by atoms with E-state index in [2.05, 4.69) is 31.0 Å². The summed E-state index contributed by atoms with van der Waals surface area (Å²) in [6.45, 7) is 10.1. The molecule has 1 N–H and O–H groups in total. The Bertz CT molecular complexity index is 491. The Morgan fingerprint density at radius 3 is 2.82 bits per heavy atom. The largest absolute Gasteiger partial charge is 0.357 e. The van der Waals surface area contributed by atoms with Crippen LogP contribution in [0.4, 0.5) is 0 Å². The van der Waals surface area contributed by atoms with E-state index >= 15 is 0 Å². The van der Waals surface area contributed by atoms with Crippen LogP contribution >= 0.6 is 11.8 Å². The van der Waals surface area contributed by atoms with Crippen molar-refractivity contribution in [1.82, 2.24) is 10.2 Å². The van der Waals surface area contributed by atoms with Gasteiger partial charge in [-0.25, -0.2) is 8.42 Å². The van der Waals surface area contributed by atoms with Crippen LogP contribution in [-0.2, 0) is 9.84 Å². The fraction of sp³-hybridized carbons (Fsp3) is 0.933. The minimum Gasteiger partial charge on any atom is -0.357 e. The van der Waals surface area contributed by atoms with Crippen LogP contribution in [0.5, 0.6) is 0 Å². The van der Waals surface area contributed by atoms with Crippen LogP contribution in [-0.4, -0.2) is 68.0 Å². The van der Waals surface area contributed by atoms with Gasteiger partial charge in [-0.3, -0.25) is 4.99 Å². The van der Waals surface area contributed by atoms with E-state index in [-0.39, 0.29) is 5.92 Å². The first-order chi connectivity index (χ1) is 10.4. The number of guanidine groups is 1. The maximum Gasteiger partial charge on any atom is 0.193 e. The lowest BCUT2D eigenvalue weighted by atomic mass is 10.1. The molecule has 2 atom stereocenters. The summed E-state index contributed by atoms with van der Waals surface area (Å²) >= 11 is 2.05. The van der Waals surface area contributed by atoms with Gasteiger partial charge in [0.05, 0.1) is 11.5 Å². The molecule has 7 heteroatoms. The summed E-state index contributed by atoms with van der Waals surface area (Å²) in [5.41, 5.74) is 0. The fourth-order valence-corrected chi connectivity index (χ4v) is 6.08. The van der Waals surface area contributed by atoms with Gasteiger partial charge in [0.25, 0.3) is 0 Å². The molecule has 0 radical (unpaired) electrons. The average Bonchev–Trinajstić information content (AvgIpc) is 2.83. The van der Waals surface area contributed by atoms with E-state index in [1.807, 2.05) is 11.8 Å². The maximum absolute atomic E-state index is 11.6. The van der Waals surface area contributed by atoms with Crippen molar-refractivity contribution in [3.8, 4) is 0 Å². The Morgan fingerprint density at radius 1 is 1.45 bits per heavy atom. The third-order valence-corrected chi connectivity index (χ3v) is 7.67. The van der Waals surface area contributed by atoms with Gasteiger partial charge < -0.3 is 10.2 Å². The number of sulfone groups is 1. The molecule has 2 rings (SSSR count). The topological polar surface area (TPSA) is 61.8 Å². The molecule has 0 aromatic rings. The van der Waals surface area contributed by atoms with Crippen molar-refractivity contribution in [2.75, 3.05) is 43.4 Å². The van der Waals surface area contributed by atoms with Crippen molar-refractivity contribution in [1.29, 1.82) is 0 Å². The molecule has 0 spiro atoms. The van der Waals surface area contributed by atoms with Crippen molar-refractivity contribution in [2.45, 2.75) is 32.4 Å². The van der Waals surface area contributed by atoms with E-state index in [0.29, 0.717) is 29.2 Å². The summed E-state index contributed by atoms with van der Waals surface area (Å²) in [7, 11) is -2.81. The summed E-state index contributed by atoms with van der Waals surface area (Å²) < 4.78 is 23.1. The highest BCUT2D eigenvalue weighted by molar-refractivity contribution is 8.00. The Labute approximate surface area is 139 Å². The molecule has 0 amide bonds. The van der Waals surface area contributed by atoms with Gasteiger partial charge in [-0.1, -0.05) is 13.8 Å². The summed E-state index contributed by atoms with van der Waals surface area (Å²) in [6.07, 6.45) is 0.760. The first-order valence-corrected chi connectivity index (χ1v) is 11.1. The number of nitrogens with one attached hydrogen (secondary N) is 1. The second-order valence-corrected chi connectivity index (χ2v) is 10.1. The molecule has 2 unspecified atom stereocenters. The summed E-state index contributed by atoms with van der Waals surface area (Å²) in [5, 5.41) is 4.02. The molecule has 0 aliphatic carbocycles. The van der Waals surface area contributed by atoms with Gasteiger partial charge in [-0.15, -0.1) is 0 Å². The van der Waals surface area contributed by atoms with Crippen LogP contribution < -0.4 is 5.32 Å². The lowest BCUT2D eigenvalue weighted by Gasteiger charge is -2.36. The van der Waals surface area contributed by atoms with E-state index < -0.39 is 9.84 Å². The van der Waals surface area contributed by atoms with E-state index in [1.54, 1.807) is 0 Å². The van der Waals surface area contributed by atoms with E-state index in [4.69, 9.17) is 4.99 Å². The maximum atomic E-state index is 11.6.